The summed E-state index contributed by atoms with van der Waals surface area (Å²) in [6, 6.07) is 2.10. The van der Waals surface area contributed by atoms with E-state index >= 15 is 0 Å². The van der Waals surface area contributed by atoms with Crippen molar-refractivity contribution in [1.82, 2.24) is 0 Å². The molecule has 0 heterocycles. The molecule has 0 radical (unpaired) electrons. The molecule has 1 aromatic rings. The summed E-state index contributed by atoms with van der Waals surface area (Å²) in [4.78, 5) is 0. The molecule has 0 aliphatic carbocycles. The molecular formula is C13H20ClNO. The van der Waals surface area contributed by atoms with Gasteiger partial charge in [-0.1, -0.05) is 11.6 Å². The Kier molecular flexibility index (Phi) is 4.63. The van der Waals surface area contributed by atoms with Crippen LogP contribution < -0.4 is 10.5 Å². The Labute approximate surface area is 103 Å². The monoisotopic (exact) mass is 241 g/mol. The largest absolute Gasteiger partial charge is 0.494 e. The fourth-order valence-corrected chi connectivity index (χ4v) is 1.99. The predicted octanol–water partition coefficient (Wildman–Crippen LogP) is 3.25. The molecular weight excluding hydrogens is 222 g/mol. The number of benzene rings is 1. The highest BCUT2D eigenvalue weighted by molar-refractivity contribution is 6.32. The van der Waals surface area contributed by atoms with Gasteiger partial charge in [0.15, 0.2) is 0 Å². The second-order valence-corrected chi connectivity index (χ2v) is 4.60. The van der Waals surface area contributed by atoms with Crippen LogP contribution in [0.2, 0.25) is 5.02 Å². The van der Waals surface area contributed by atoms with E-state index < -0.39 is 0 Å². The van der Waals surface area contributed by atoms with Gasteiger partial charge in [-0.2, -0.15) is 0 Å². The number of nitrogens with two attached hydrogens (primary N) is 1. The molecule has 1 rings (SSSR count). The second kappa shape index (κ2) is 5.55. The van der Waals surface area contributed by atoms with Crippen molar-refractivity contribution in [2.45, 2.75) is 40.2 Å². The summed E-state index contributed by atoms with van der Waals surface area (Å²) in [7, 11) is 0. The molecule has 0 aliphatic rings. The Bertz CT molecular complexity index is 375. The zero-order chi connectivity index (χ0) is 12.3. The first-order valence-corrected chi connectivity index (χ1v) is 6.02. The maximum absolute atomic E-state index is 6.24. The van der Waals surface area contributed by atoms with Gasteiger partial charge in [-0.15, -0.1) is 0 Å². The average molecular weight is 242 g/mol. The Balaban J connectivity index is 3.23. The summed E-state index contributed by atoms with van der Waals surface area (Å²) in [6.07, 6.45) is 0.793. The Morgan fingerprint density at radius 1 is 1.44 bits per heavy atom. The van der Waals surface area contributed by atoms with Gasteiger partial charge in [-0.05, 0) is 51.3 Å². The summed E-state index contributed by atoms with van der Waals surface area (Å²) in [5.74, 6) is 0.916. The van der Waals surface area contributed by atoms with Gasteiger partial charge in [-0.3, -0.25) is 0 Å². The number of rotatable bonds is 4. The predicted molar refractivity (Wildman–Crippen MR) is 69.4 cm³/mol. The molecule has 0 bridgehead atoms. The van der Waals surface area contributed by atoms with Crippen LogP contribution in [0.15, 0.2) is 6.07 Å². The third-order valence-corrected chi connectivity index (χ3v) is 3.18. The molecule has 90 valence electrons. The van der Waals surface area contributed by atoms with Crippen molar-refractivity contribution in [1.29, 1.82) is 0 Å². The molecule has 0 aliphatic heterocycles. The van der Waals surface area contributed by atoms with Crippen LogP contribution >= 0.6 is 11.6 Å². The number of halogens is 1. The molecule has 0 saturated heterocycles. The van der Waals surface area contributed by atoms with Crippen molar-refractivity contribution >= 4 is 11.6 Å². The molecule has 2 N–H and O–H groups in total. The van der Waals surface area contributed by atoms with Gasteiger partial charge in [0.2, 0.25) is 0 Å². The van der Waals surface area contributed by atoms with Gasteiger partial charge in [-0.25, -0.2) is 0 Å². The quantitative estimate of drug-likeness (QED) is 0.878. The highest BCUT2D eigenvalue weighted by Gasteiger charge is 2.14. The van der Waals surface area contributed by atoms with Crippen LogP contribution in [0.3, 0.4) is 0 Å². The Morgan fingerprint density at radius 2 is 2.06 bits per heavy atom. The maximum Gasteiger partial charge on any atom is 0.123 e. The lowest BCUT2D eigenvalue weighted by Crippen LogP contribution is -2.19. The molecule has 1 aromatic carbocycles. The second-order valence-electron chi connectivity index (χ2n) is 4.22. The maximum atomic E-state index is 6.24. The van der Waals surface area contributed by atoms with E-state index in [1.165, 1.54) is 0 Å². The van der Waals surface area contributed by atoms with E-state index in [1.54, 1.807) is 0 Å². The van der Waals surface area contributed by atoms with E-state index in [0.29, 0.717) is 6.61 Å². The van der Waals surface area contributed by atoms with Gasteiger partial charge in [0, 0.05) is 16.6 Å². The van der Waals surface area contributed by atoms with Gasteiger partial charge < -0.3 is 10.5 Å². The van der Waals surface area contributed by atoms with E-state index in [2.05, 4.69) is 0 Å². The van der Waals surface area contributed by atoms with Crippen molar-refractivity contribution in [3.05, 3.63) is 27.8 Å². The van der Waals surface area contributed by atoms with Crippen LogP contribution in [0.1, 0.15) is 30.5 Å². The zero-order valence-electron chi connectivity index (χ0n) is 10.4. The number of aryl methyl sites for hydroxylation is 1. The van der Waals surface area contributed by atoms with Crippen LogP contribution in [0.5, 0.6) is 5.75 Å². The van der Waals surface area contributed by atoms with E-state index in [-0.39, 0.29) is 6.04 Å². The Hall–Kier alpha value is -0.730. The first-order valence-electron chi connectivity index (χ1n) is 5.64. The minimum atomic E-state index is 0.108. The first kappa shape index (κ1) is 13.3. The van der Waals surface area contributed by atoms with Crippen molar-refractivity contribution in [3.63, 3.8) is 0 Å². The molecule has 2 nitrogen and oxygen atoms in total. The number of ether oxygens (including phenoxy) is 1. The van der Waals surface area contributed by atoms with Crippen molar-refractivity contribution < 1.29 is 4.74 Å². The van der Waals surface area contributed by atoms with Crippen LogP contribution in [0.25, 0.3) is 0 Å². The highest BCUT2D eigenvalue weighted by Crippen LogP contribution is 2.32. The minimum absolute atomic E-state index is 0.108. The van der Waals surface area contributed by atoms with E-state index in [0.717, 1.165) is 33.9 Å². The summed E-state index contributed by atoms with van der Waals surface area (Å²) in [5.41, 5.74) is 9.12. The minimum Gasteiger partial charge on any atom is -0.494 e. The molecule has 0 spiro atoms. The molecule has 0 fully saturated rings. The lowest BCUT2D eigenvalue weighted by molar-refractivity contribution is 0.335. The third-order valence-electron chi connectivity index (χ3n) is 2.60. The molecule has 1 unspecified atom stereocenters. The van der Waals surface area contributed by atoms with Gasteiger partial charge in [0.05, 0.1) is 6.61 Å². The normalized spacial score (nSPS) is 12.6. The summed E-state index contributed by atoms with van der Waals surface area (Å²) < 4.78 is 5.64. The lowest BCUT2D eigenvalue weighted by Gasteiger charge is -2.17. The highest BCUT2D eigenvalue weighted by atomic mass is 35.5. The Morgan fingerprint density at radius 3 is 2.56 bits per heavy atom. The smallest absolute Gasteiger partial charge is 0.123 e. The fraction of sp³-hybridized carbons (Fsp3) is 0.538. The van der Waals surface area contributed by atoms with Crippen LogP contribution in [-0.2, 0) is 6.42 Å². The lowest BCUT2D eigenvalue weighted by atomic mass is 9.98. The average Bonchev–Trinajstić information content (AvgIpc) is 2.21. The van der Waals surface area contributed by atoms with Gasteiger partial charge >= 0.3 is 0 Å². The molecule has 1 atom stereocenters. The summed E-state index contributed by atoms with van der Waals surface area (Å²) >= 11 is 6.24. The van der Waals surface area contributed by atoms with Gasteiger partial charge in [0.1, 0.15) is 5.75 Å². The SMILES string of the molecule is CCOc1cc(C)c(Cl)c(C)c1CC(C)N. The van der Waals surface area contributed by atoms with Crippen molar-refractivity contribution in [2.24, 2.45) is 5.73 Å². The first-order chi connectivity index (χ1) is 7.47. The molecule has 16 heavy (non-hydrogen) atoms. The van der Waals surface area contributed by atoms with Crippen molar-refractivity contribution in [2.75, 3.05) is 6.61 Å². The fourth-order valence-electron chi connectivity index (χ4n) is 1.82. The van der Waals surface area contributed by atoms with Crippen LogP contribution in [-0.4, -0.2) is 12.6 Å². The van der Waals surface area contributed by atoms with Crippen LogP contribution in [0, 0.1) is 13.8 Å². The topological polar surface area (TPSA) is 35.2 Å². The number of hydrogen-bond donors (Lipinski definition) is 1. The molecule has 0 saturated carbocycles. The molecule has 0 amide bonds. The van der Waals surface area contributed by atoms with Gasteiger partial charge in [0.25, 0.3) is 0 Å². The van der Waals surface area contributed by atoms with Crippen molar-refractivity contribution in [3.8, 4) is 5.75 Å². The standard InChI is InChI=1S/C13H20ClNO/c1-5-16-12-6-8(2)13(14)10(4)11(12)7-9(3)15/h6,9H,5,7,15H2,1-4H3. The van der Waals surface area contributed by atoms with Crippen LogP contribution in [0.4, 0.5) is 0 Å². The van der Waals surface area contributed by atoms with E-state index in [4.69, 9.17) is 22.1 Å². The summed E-state index contributed by atoms with van der Waals surface area (Å²) in [6.45, 7) is 8.65. The molecule has 3 heteroatoms. The zero-order valence-corrected chi connectivity index (χ0v) is 11.2. The van der Waals surface area contributed by atoms with E-state index in [9.17, 15) is 0 Å². The summed E-state index contributed by atoms with van der Waals surface area (Å²) in [5, 5.41) is 0.819. The third kappa shape index (κ3) is 2.89. The molecule has 0 aromatic heterocycles. The number of hydrogen-bond acceptors (Lipinski definition) is 2. The van der Waals surface area contributed by atoms with E-state index in [1.807, 2.05) is 33.8 Å².